The fourth-order valence-corrected chi connectivity index (χ4v) is 4.99. The maximum Gasteiger partial charge on any atom is 0.409 e. The molecule has 1 aromatic rings. The van der Waals surface area contributed by atoms with Gasteiger partial charge >= 0.3 is 6.09 Å². The van der Waals surface area contributed by atoms with Crippen LogP contribution in [0.15, 0.2) is 24.3 Å². The van der Waals surface area contributed by atoms with Crippen LogP contribution >= 0.6 is 0 Å². The molecule has 3 rings (SSSR count). The van der Waals surface area contributed by atoms with Gasteiger partial charge in [-0.3, -0.25) is 9.10 Å². The largest absolute Gasteiger partial charge is 0.450 e. The van der Waals surface area contributed by atoms with E-state index in [0.29, 0.717) is 57.0 Å². The number of ether oxygens (including phenoxy) is 1. The van der Waals surface area contributed by atoms with E-state index in [1.165, 1.54) is 4.31 Å². The minimum atomic E-state index is -3.32. The van der Waals surface area contributed by atoms with Crippen molar-refractivity contribution in [1.29, 1.82) is 0 Å². The second-order valence-electron chi connectivity index (χ2n) is 6.62. The molecule has 2 fully saturated rings. The summed E-state index contributed by atoms with van der Waals surface area (Å²) in [7, 11) is -3.32. The zero-order chi connectivity index (χ0) is 19.4. The van der Waals surface area contributed by atoms with Crippen molar-refractivity contribution in [3.8, 4) is 0 Å². The summed E-state index contributed by atoms with van der Waals surface area (Å²) in [5, 5.41) is 0. The summed E-state index contributed by atoms with van der Waals surface area (Å²) in [6, 6.07) is 6.77. The number of hydrogen-bond acceptors (Lipinski definition) is 5. The lowest BCUT2D eigenvalue weighted by molar-refractivity contribution is 0.0570. The van der Waals surface area contributed by atoms with Gasteiger partial charge in [0, 0.05) is 38.3 Å². The molecule has 0 atom stereocenters. The minimum Gasteiger partial charge on any atom is -0.450 e. The highest BCUT2D eigenvalue weighted by molar-refractivity contribution is 7.92. The molecular weight excluding hydrogens is 370 g/mol. The molecule has 8 nitrogen and oxygen atoms in total. The summed E-state index contributed by atoms with van der Waals surface area (Å²) in [6.45, 7) is 4.21. The van der Waals surface area contributed by atoms with Gasteiger partial charge in [0.1, 0.15) is 0 Å². The van der Waals surface area contributed by atoms with E-state index < -0.39 is 10.0 Å². The topological polar surface area (TPSA) is 87.2 Å². The molecule has 2 saturated heterocycles. The third kappa shape index (κ3) is 4.35. The van der Waals surface area contributed by atoms with E-state index in [9.17, 15) is 18.0 Å². The predicted octanol–water partition coefficient (Wildman–Crippen LogP) is 1.53. The lowest BCUT2D eigenvalue weighted by atomic mass is 10.1. The van der Waals surface area contributed by atoms with Crippen LogP contribution in [0.25, 0.3) is 0 Å². The molecule has 0 bridgehead atoms. The van der Waals surface area contributed by atoms with Crippen molar-refractivity contribution < 1.29 is 22.7 Å². The third-order valence-electron chi connectivity index (χ3n) is 4.82. The van der Waals surface area contributed by atoms with Gasteiger partial charge in [-0.2, -0.15) is 0 Å². The molecule has 2 aliphatic heterocycles. The number of hydrogen-bond donors (Lipinski definition) is 0. The van der Waals surface area contributed by atoms with Crippen molar-refractivity contribution in [2.45, 2.75) is 19.8 Å². The van der Waals surface area contributed by atoms with Crippen LogP contribution in [0.3, 0.4) is 0 Å². The highest BCUT2D eigenvalue weighted by atomic mass is 32.2. The standard InChI is InChI=1S/C18H25N3O5S/c1-2-26-18(23)20-11-9-19(10-12-20)17(22)15-6-5-7-16(14-15)21-8-3-4-13-27(21,24)25/h5-7,14H,2-4,8-13H2,1H3. The molecule has 0 unspecified atom stereocenters. The Morgan fingerprint density at radius 2 is 1.74 bits per heavy atom. The number of rotatable bonds is 3. The zero-order valence-corrected chi connectivity index (χ0v) is 16.3. The van der Waals surface area contributed by atoms with Crippen LogP contribution in [0, 0.1) is 0 Å². The lowest BCUT2D eigenvalue weighted by Gasteiger charge is -2.34. The quantitative estimate of drug-likeness (QED) is 0.775. The van der Waals surface area contributed by atoms with Crippen LogP contribution in [0.2, 0.25) is 0 Å². The van der Waals surface area contributed by atoms with Crippen LogP contribution in [0.5, 0.6) is 0 Å². The number of benzene rings is 1. The zero-order valence-electron chi connectivity index (χ0n) is 15.5. The fourth-order valence-electron chi connectivity index (χ4n) is 3.36. The average molecular weight is 395 g/mol. The van der Waals surface area contributed by atoms with E-state index >= 15 is 0 Å². The number of carbonyl (C=O) groups is 2. The Kier molecular flexibility index (Phi) is 5.88. The Balaban J connectivity index is 1.69. The number of sulfonamides is 1. The molecule has 0 N–H and O–H groups in total. The molecule has 0 spiro atoms. The molecule has 2 heterocycles. The van der Waals surface area contributed by atoms with E-state index in [4.69, 9.17) is 4.74 Å². The maximum absolute atomic E-state index is 12.8. The predicted molar refractivity (Wildman–Crippen MR) is 101 cm³/mol. The first-order valence-corrected chi connectivity index (χ1v) is 10.8. The molecular formula is C18H25N3O5S. The number of piperazine rings is 1. The van der Waals surface area contributed by atoms with Gasteiger partial charge in [-0.1, -0.05) is 6.07 Å². The van der Waals surface area contributed by atoms with E-state index in [1.54, 1.807) is 41.0 Å². The number of anilines is 1. The molecule has 0 saturated carbocycles. The van der Waals surface area contributed by atoms with Crippen LogP contribution in [0.4, 0.5) is 10.5 Å². The summed E-state index contributed by atoms with van der Waals surface area (Å²) < 4.78 is 31.0. The lowest BCUT2D eigenvalue weighted by Crippen LogP contribution is -2.50. The second-order valence-corrected chi connectivity index (χ2v) is 8.64. The molecule has 0 aromatic heterocycles. The van der Waals surface area contributed by atoms with Gasteiger partial charge in [-0.25, -0.2) is 13.2 Å². The van der Waals surface area contributed by atoms with Gasteiger partial charge in [0.2, 0.25) is 10.0 Å². The Morgan fingerprint density at radius 1 is 1.04 bits per heavy atom. The van der Waals surface area contributed by atoms with Crippen LogP contribution in [-0.2, 0) is 14.8 Å². The first-order valence-electron chi connectivity index (χ1n) is 9.24. The molecule has 0 aliphatic carbocycles. The van der Waals surface area contributed by atoms with E-state index in [0.717, 1.165) is 6.42 Å². The minimum absolute atomic E-state index is 0.140. The summed E-state index contributed by atoms with van der Waals surface area (Å²) in [5.74, 6) is -0.0177. The molecule has 2 aliphatic rings. The SMILES string of the molecule is CCOC(=O)N1CCN(C(=O)c2cccc(N3CCCCS3(=O)=O)c2)CC1. The molecule has 0 radical (unpaired) electrons. The van der Waals surface area contributed by atoms with Gasteiger partial charge in [0.05, 0.1) is 18.0 Å². The number of carbonyl (C=O) groups excluding carboxylic acids is 2. The summed E-state index contributed by atoms with van der Waals surface area (Å²) in [4.78, 5) is 27.9. The van der Waals surface area contributed by atoms with E-state index in [-0.39, 0.29) is 17.8 Å². The van der Waals surface area contributed by atoms with Gasteiger partial charge < -0.3 is 14.5 Å². The van der Waals surface area contributed by atoms with Crippen molar-refractivity contribution in [1.82, 2.24) is 9.80 Å². The second kappa shape index (κ2) is 8.16. The first kappa shape index (κ1) is 19.5. The normalized spacial score (nSPS) is 19.7. The van der Waals surface area contributed by atoms with Gasteiger partial charge in [-0.15, -0.1) is 0 Å². The highest BCUT2D eigenvalue weighted by Crippen LogP contribution is 2.25. The fraction of sp³-hybridized carbons (Fsp3) is 0.556. The van der Waals surface area contributed by atoms with Crippen molar-refractivity contribution >= 4 is 27.7 Å². The average Bonchev–Trinajstić information content (AvgIpc) is 2.67. The monoisotopic (exact) mass is 395 g/mol. The Labute approximate surface area is 159 Å². The first-order chi connectivity index (χ1) is 12.9. The molecule has 27 heavy (non-hydrogen) atoms. The van der Waals surface area contributed by atoms with Crippen molar-refractivity contribution in [2.24, 2.45) is 0 Å². The summed E-state index contributed by atoms with van der Waals surface area (Å²) in [6.07, 6.45) is 1.12. The molecule has 2 amide bonds. The molecule has 9 heteroatoms. The molecule has 1 aromatic carbocycles. The maximum atomic E-state index is 12.8. The van der Waals surface area contributed by atoms with Crippen molar-refractivity contribution in [2.75, 3.05) is 49.4 Å². The Morgan fingerprint density at radius 3 is 2.41 bits per heavy atom. The highest BCUT2D eigenvalue weighted by Gasteiger charge is 2.28. The van der Waals surface area contributed by atoms with Gasteiger partial charge in [0.25, 0.3) is 5.91 Å². The van der Waals surface area contributed by atoms with Crippen LogP contribution in [-0.4, -0.2) is 75.3 Å². The van der Waals surface area contributed by atoms with Crippen molar-refractivity contribution in [3.05, 3.63) is 29.8 Å². The smallest absolute Gasteiger partial charge is 0.409 e. The van der Waals surface area contributed by atoms with E-state index in [2.05, 4.69) is 0 Å². The summed E-state index contributed by atoms with van der Waals surface area (Å²) in [5.41, 5.74) is 0.989. The third-order valence-corrected chi connectivity index (χ3v) is 6.69. The van der Waals surface area contributed by atoms with Gasteiger partial charge in [-0.05, 0) is 38.0 Å². The summed E-state index contributed by atoms with van der Waals surface area (Å²) >= 11 is 0. The van der Waals surface area contributed by atoms with Gasteiger partial charge in [0.15, 0.2) is 0 Å². The Hall–Kier alpha value is -2.29. The molecule has 148 valence electrons. The Bertz CT molecular complexity index is 803. The van der Waals surface area contributed by atoms with E-state index in [1.807, 2.05) is 0 Å². The van der Waals surface area contributed by atoms with Crippen molar-refractivity contribution in [3.63, 3.8) is 0 Å². The number of nitrogens with zero attached hydrogens (tertiary/aromatic N) is 3. The van der Waals surface area contributed by atoms with Crippen LogP contribution < -0.4 is 4.31 Å². The number of amides is 2. The van der Waals surface area contributed by atoms with Crippen LogP contribution in [0.1, 0.15) is 30.1 Å².